The van der Waals surface area contributed by atoms with E-state index in [4.69, 9.17) is 4.52 Å². The van der Waals surface area contributed by atoms with Crippen LogP contribution in [0.3, 0.4) is 0 Å². The summed E-state index contributed by atoms with van der Waals surface area (Å²) in [5.41, 5.74) is 3.00. The van der Waals surface area contributed by atoms with Crippen LogP contribution in [-0.2, 0) is 0 Å². The first-order valence-electron chi connectivity index (χ1n) is 7.92. The van der Waals surface area contributed by atoms with Crippen molar-refractivity contribution in [1.29, 1.82) is 0 Å². The standard InChI is InChI=1S/C18H18N4O/c1-13-4-6-14(7-5-13)17-20-18(23-21-17)15-8-9-16(19-12-15)22-10-2-3-11-22/h4-9,12H,2-3,10-11H2,1H3. The highest BCUT2D eigenvalue weighted by Crippen LogP contribution is 2.24. The first-order valence-corrected chi connectivity index (χ1v) is 7.92. The van der Waals surface area contributed by atoms with Gasteiger partial charge in [-0.05, 0) is 31.9 Å². The van der Waals surface area contributed by atoms with E-state index < -0.39 is 0 Å². The van der Waals surface area contributed by atoms with Gasteiger partial charge in [0, 0.05) is 24.8 Å². The molecule has 5 nitrogen and oxygen atoms in total. The molecule has 5 heteroatoms. The topological polar surface area (TPSA) is 55.1 Å². The van der Waals surface area contributed by atoms with E-state index >= 15 is 0 Å². The molecule has 116 valence electrons. The lowest BCUT2D eigenvalue weighted by molar-refractivity contribution is 0.432. The summed E-state index contributed by atoms with van der Waals surface area (Å²) in [6.07, 6.45) is 4.29. The molecule has 0 radical (unpaired) electrons. The fourth-order valence-corrected chi connectivity index (χ4v) is 2.81. The quantitative estimate of drug-likeness (QED) is 0.738. The van der Waals surface area contributed by atoms with Crippen LogP contribution >= 0.6 is 0 Å². The molecule has 1 saturated heterocycles. The van der Waals surface area contributed by atoms with Gasteiger partial charge < -0.3 is 9.42 Å². The summed E-state index contributed by atoms with van der Waals surface area (Å²) in [6.45, 7) is 4.23. The maximum absolute atomic E-state index is 5.39. The zero-order valence-electron chi connectivity index (χ0n) is 13.1. The summed E-state index contributed by atoms with van der Waals surface area (Å²) in [5.74, 6) is 2.12. The zero-order chi connectivity index (χ0) is 15.6. The van der Waals surface area contributed by atoms with Gasteiger partial charge in [-0.25, -0.2) is 4.98 Å². The van der Waals surface area contributed by atoms with Gasteiger partial charge in [-0.3, -0.25) is 0 Å². The molecule has 3 heterocycles. The minimum Gasteiger partial charge on any atom is -0.357 e. The highest BCUT2D eigenvalue weighted by molar-refractivity contribution is 5.60. The largest absolute Gasteiger partial charge is 0.357 e. The number of aryl methyl sites for hydroxylation is 1. The summed E-state index contributed by atoms with van der Waals surface area (Å²) < 4.78 is 5.39. The molecule has 0 spiro atoms. The number of benzene rings is 1. The molecule has 3 aromatic rings. The number of pyridine rings is 1. The van der Waals surface area contributed by atoms with Crippen LogP contribution in [0.25, 0.3) is 22.8 Å². The van der Waals surface area contributed by atoms with Crippen LogP contribution in [0.5, 0.6) is 0 Å². The molecule has 4 rings (SSSR count). The first kappa shape index (κ1) is 13.9. The Bertz CT molecular complexity index is 787. The number of aromatic nitrogens is 3. The Balaban J connectivity index is 1.57. The highest BCUT2D eigenvalue weighted by atomic mass is 16.5. The number of nitrogens with zero attached hydrogens (tertiary/aromatic N) is 4. The Morgan fingerprint density at radius 1 is 0.957 bits per heavy atom. The van der Waals surface area contributed by atoms with Gasteiger partial charge in [0.05, 0.1) is 5.56 Å². The third kappa shape index (κ3) is 2.82. The third-order valence-electron chi connectivity index (χ3n) is 4.16. The maximum atomic E-state index is 5.39. The van der Waals surface area contributed by atoms with Gasteiger partial charge in [0.25, 0.3) is 5.89 Å². The van der Waals surface area contributed by atoms with Crippen molar-refractivity contribution in [2.24, 2.45) is 0 Å². The summed E-state index contributed by atoms with van der Waals surface area (Å²) in [7, 11) is 0. The molecule has 0 bridgehead atoms. The zero-order valence-corrected chi connectivity index (χ0v) is 13.1. The van der Waals surface area contributed by atoms with E-state index in [1.165, 1.54) is 18.4 Å². The summed E-state index contributed by atoms with van der Waals surface area (Å²) in [5, 5.41) is 4.07. The van der Waals surface area contributed by atoms with Crippen molar-refractivity contribution in [3.8, 4) is 22.8 Å². The van der Waals surface area contributed by atoms with Crippen LogP contribution in [0.1, 0.15) is 18.4 Å². The third-order valence-corrected chi connectivity index (χ3v) is 4.16. The molecule has 1 aromatic carbocycles. The van der Waals surface area contributed by atoms with E-state index in [0.717, 1.165) is 30.0 Å². The van der Waals surface area contributed by atoms with Crippen LogP contribution in [0, 0.1) is 6.92 Å². The molecular weight excluding hydrogens is 288 g/mol. The number of rotatable bonds is 3. The predicted octanol–water partition coefficient (Wildman–Crippen LogP) is 3.71. The van der Waals surface area contributed by atoms with Crippen LogP contribution < -0.4 is 4.90 Å². The van der Waals surface area contributed by atoms with Gasteiger partial charge >= 0.3 is 0 Å². The van der Waals surface area contributed by atoms with E-state index in [2.05, 4.69) is 26.9 Å². The van der Waals surface area contributed by atoms with E-state index in [9.17, 15) is 0 Å². The average molecular weight is 306 g/mol. The second-order valence-electron chi connectivity index (χ2n) is 5.89. The Kier molecular flexibility index (Phi) is 3.54. The van der Waals surface area contributed by atoms with E-state index in [1.807, 2.05) is 36.4 Å². The number of anilines is 1. The molecule has 23 heavy (non-hydrogen) atoms. The average Bonchev–Trinajstić information content (AvgIpc) is 3.28. The second kappa shape index (κ2) is 5.83. The highest BCUT2D eigenvalue weighted by Gasteiger charge is 2.15. The smallest absolute Gasteiger partial charge is 0.259 e. The Morgan fingerprint density at radius 2 is 1.70 bits per heavy atom. The van der Waals surface area contributed by atoms with E-state index in [-0.39, 0.29) is 0 Å². The predicted molar refractivity (Wildman–Crippen MR) is 89.1 cm³/mol. The summed E-state index contributed by atoms with van der Waals surface area (Å²) in [4.78, 5) is 11.3. The van der Waals surface area contributed by atoms with Crippen molar-refractivity contribution in [1.82, 2.24) is 15.1 Å². The van der Waals surface area contributed by atoms with Gasteiger partial charge in [0.2, 0.25) is 5.82 Å². The molecule has 1 aliphatic heterocycles. The Hall–Kier alpha value is -2.69. The Labute approximate surface area is 135 Å². The van der Waals surface area contributed by atoms with Gasteiger partial charge in [-0.2, -0.15) is 4.98 Å². The second-order valence-corrected chi connectivity index (χ2v) is 5.89. The summed E-state index contributed by atoms with van der Waals surface area (Å²) in [6, 6.07) is 12.1. The van der Waals surface area contributed by atoms with Crippen molar-refractivity contribution >= 4 is 5.82 Å². The SMILES string of the molecule is Cc1ccc(-c2noc(-c3ccc(N4CCCC4)nc3)n2)cc1. The molecule has 0 aliphatic carbocycles. The van der Waals surface area contributed by atoms with Crippen molar-refractivity contribution < 1.29 is 4.52 Å². The molecular formula is C18H18N4O. The van der Waals surface area contributed by atoms with Crippen molar-refractivity contribution in [3.63, 3.8) is 0 Å². The lowest BCUT2D eigenvalue weighted by Crippen LogP contribution is -2.18. The van der Waals surface area contributed by atoms with Gasteiger partial charge in [-0.15, -0.1) is 0 Å². The number of hydrogen-bond acceptors (Lipinski definition) is 5. The molecule has 2 aromatic heterocycles. The minimum atomic E-state index is 0.501. The fraction of sp³-hybridized carbons (Fsp3) is 0.278. The van der Waals surface area contributed by atoms with Crippen LogP contribution in [0.2, 0.25) is 0 Å². The molecule has 0 unspecified atom stereocenters. The molecule has 0 amide bonds. The van der Waals surface area contributed by atoms with Crippen LogP contribution in [0.4, 0.5) is 5.82 Å². The molecule has 0 saturated carbocycles. The van der Waals surface area contributed by atoms with E-state index in [1.54, 1.807) is 6.20 Å². The first-order chi connectivity index (χ1) is 11.3. The molecule has 0 N–H and O–H groups in total. The molecule has 1 fully saturated rings. The monoisotopic (exact) mass is 306 g/mol. The van der Waals surface area contributed by atoms with Crippen LogP contribution in [-0.4, -0.2) is 28.2 Å². The van der Waals surface area contributed by atoms with Crippen molar-refractivity contribution in [3.05, 3.63) is 48.2 Å². The number of hydrogen-bond donors (Lipinski definition) is 0. The maximum Gasteiger partial charge on any atom is 0.259 e. The Morgan fingerprint density at radius 3 is 2.39 bits per heavy atom. The lowest BCUT2D eigenvalue weighted by Gasteiger charge is -2.15. The molecule has 0 atom stereocenters. The van der Waals surface area contributed by atoms with Gasteiger partial charge in [-0.1, -0.05) is 35.0 Å². The summed E-state index contributed by atoms with van der Waals surface area (Å²) >= 11 is 0. The normalized spacial score (nSPS) is 14.4. The lowest BCUT2D eigenvalue weighted by atomic mass is 10.1. The van der Waals surface area contributed by atoms with Crippen molar-refractivity contribution in [2.75, 3.05) is 18.0 Å². The van der Waals surface area contributed by atoms with Crippen LogP contribution in [0.15, 0.2) is 47.1 Å². The fourth-order valence-electron chi connectivity index (χ4n) is 2.81. The minimum absolute atomic E-state index is 0.501. The van der Waals surface area contributed by atoms with Gasteiger partial charge in [0.15, 0.2) is 0 Å². The van der Waals surface area contributed by atoms with Crippen molar-refractivity contribution in [2.45, 2.75) is 19.8 Å². The van der Waals surface area contributed by atoms with Gasteiger partial charge in [0.1, 0.15) is 5.82 Å². The molecule has 1 aliphatic rings. The van der Waals surface area contributed by atoms with E-state index in [0.29, 0.717) is 11.7 Å².